The lowest BCUT2D eigenvalue weighted by atomic mass is 10.2. The lowest BCUT2D eigenvalue weighted by Gasteiger charge is -2.12. The third kappa shape index (κ3) is 6.49. The van der Waals surface area contributed by atoms with E-state index in [1.165, 1.54) is 6.26 Å². The summed E-state index contributed by atoms with van der Waals surface area (Å²) in [6, 6.07) is 2.50. The van der Waals surface area contributed by atoms with Gasteiger partial charge in [-0.05, 0) is 31.9 Å². The highest BCUT2D eigenvalue weighted by molar-refractivity contribution is 7.88. The molecule has 1 rings (SSSR count). The molecule has 1 aromatic heterocycles. The highest BCUT2D eigenvalue weighted by Crippen LogP contribution is 2.14. The van der Waals surface area contributed by atoms with Gasteiger partial charge < -0.3 is 5.32 Å². The van der Waals surface area contributed by atoms with Crippen LogP contribution in [0.15, 0.2) is 12.3 Å². The average Bonchev–Trinajstić information content (AvgIpc) is 2.83. The maximum atomic E-state index is 10.9. The van der Waals surface area contributed by atoms with Gasteiger partial charge in [-0.2, -0.15) is 5.10 Å². The summed E-state index contributed by atoms with van der Waals surface area (Å²) in [5.74, 6) is 0. The molecular weight excluding hydrogens is 276 g/mol. The number of sulfonamides is 1. The first-order valence-corrected chi connectivity index (χ1v) is 9.04. The van der Waals surface area contributed by atoms with Gasteiger partial charge >= 0.3 is 0 Å². The Morgan fingerprint density at radius 2 is 2.00 bits per heavy atom. The number of nitrogens with zero attached hydrogens (tertiary/aromatic N) is 2. The number of hydrogen-bond acceptors (Lipinski definition) is 4. The number of rotatable bonds is 10. The van der Waals surface area contributed by atoms with E-state index in [4.69, 9.17) is 0 Å². The number of aromatic nitrogens is 2. The van der Waals surface area contributed by atoms with E-state index in [9.17, 15) is 8.42 Å². The Morgan fingerprint density at radius 1 is 1.30 bits per heavy atom. The van der Waals surface area contributed by atoms with Gasteiger partial charge in [-0.15, -0.1) is 0 Å². The van der Waals surface area contributed by atoms with Crippen molar-refractivity contribution < 1.29 is 8.42 Å². The summed E-state index contributed by atoms with van der Waals surface area (Å²) >= 11 is 0. The Bertz CT molecular complexity index is 480. The maximum Gasteiger partial charge on any atom is 0.208 e. The Morgan fingerprint density at radius 3 is 2.60 bits per heavy atom. The fourth-order valence-corrected chi connectivity index (χ4v) is 2.54. The summed E-state index contributed by atoms with van der Waals surface area (Å²) in [6.07, 6.45) is 6.13. The van der Waals surface area contributed by atoms with Gasteiger partial charge in [-0.25, -0.2) is 13.1 Å². The maximum absolute atomic E-state index is 10.9. The third-order valence-corrected chi connectivity index (χ3v) is 3.91. The normalized spacial score (nSPS) is 12.2. The van der Waals surface area contributed by atoms with Crippen molar-refractivity contribution in [2.45, 2.75) is 45.7 Å². The molecule has 7 heteroatoms. The number of hydrogen-bond donors (Lipinski definition) is 2. The zero-order chi connectivity index (χ0) is 15.0. The summed E-state index contributed by atoms with van der Waals surface area (Å²) in [4.78, 5) is 0. The van der Waals surface area contributed by atoms with Crippen molar-refractivity contribution in [1.29, 1.82) is 0 Å². The van der Waals surface area contributed by atoms with Crippen molar-refractivity contribution in [2.75, 3.05) is 19.3 Å². The SMILES string of the molecule is CCC(CC)n1ccc(CNCCCNS(C)(=O)=O)n1. The second kappa shape index (κ2) is 8.39. The molecule has 1 aromatic rings. The lowest BCUT2D eigenvalue weighted by Crippen LogP contribution is -2.26. The molecule has 0 spiro atoms. The standard InChI is InChI=1S/C13H26N4O2S/c1-4-13(5-2)17-10-7-12(16-17)11-14-8-6-9-15-20(3,18)19/h7,10,13-15H,4-6,8-9,11H2,1-3H3. The topological polar surface area (TPSA) is 76.0 Å². The van der Waals surface area contributed by atoms with E-state index in [-0.39, 0.29) is 0 Å². The minimum Gasteiger partial charge on any atom is -0.311 e. The molecule has 0 saturated carbocycles. The first-order chi connectivity index (χ1) is 9.46. The van der Waals surface area contributed by atoms with Crippen molar-refractivity contribution in [3.63, 3.8) is 0 Å². The molecule has 0 unspecified atom stereocenters. The van der Waals surface area contributed by atoms with Crippen LogP contribution in [0.3, 0.4) is 0 Å². The zero-order valence-electron chi connectivity index (χ0n) is 12.6. The summed E-state index contributed by atoms with van der Waals surface area (Å²) in [7, 11) is -3.07. The molecule has 116 valence electrons. The molecule has 20 heavy (non-hydrogen) atoms. The summed E-state index contributed by atoms with van der Waals surface area (Å²) in [5.41, 5.74) is 1.02. The molecule has 0 aliphatic heterocycles. The predicted molar refractivity (Wildman–Crippen MR) is 81.0 cm³/mol. The van der Waals surface area contributed by atoms with Gasteiger partial charge in [0.15, 0.2) is 0 Å². The minimum atomic E-state index is -3.07. The Kier molecular flexibility index (Phi) is 7.18. The van der Waals surface area contributed by atoms with Crippen molar-refractivity contribution >= 4 is 10.0 Å². The van der Waals surface area contributed by atoms with Crippen LogP contribution >= 0.6 is 0 Å². The summed E-state index contributed by atoms with van der Waals surface area (Å²) in [6.45, 7) is 6.28. The van der Waals surface area contributed by atoms with Gasteiger partial charge in [0.2, 0.25) is 10.0 Å². The van der Waals surface area contributed by atoms with Crippen LogP contribution in [-0.2, 0) is 16.6 Å². The van der Waals surface area contributed by atoms with E-state index in [0.717, 1.165) is 31.5 Å². The molecule has 6 nitrogen and oxygen atoms in total. The molecule has 2 N–H and O–H groups in total. The highest BCUT2D eigenvalue weighted by Gasteiger charge is 2.07. The fraction of sp³-hybridized carbons (Fsp3) is 0.769. The van der Waals surface area contributed by atoms with Crippen LogP contribution in [0.1, 0.15) is 44.8 Å². The molecule has 0 radical (unpaired) electrons. The van der Waals surface area contributed by atoms with Gasteiger partial charge in [0.1, 0.15) is 0 Å². The van der Waals surface area contributed by atoms with Crippen LogP contribution in [0.2, 0.25) is 0 Å². The van der Waals surface area contributed by atoms with E-state index < -0.39 is 10.0 Å². The van der Waals surface area contributed by atoms with Crippen molar-refractivity contribution in [1.82, 2.24) is 19.8 Å². The van der Waals surface area contributed by atoms with Gasteiger partial charge in [0.05, 0.1) is 18.0 Å². The van der Waals surface area contributed by atoms with E-state index in [2.05, 4.69) is 29.0 Å². The van der Waals surface area contributed by atoms with E-state index in [1.54, 1.807) is 0 Å². The van der Waals surface area contributed by atoms with Gasteiger partial charge in [0, 0.05) is 19.3 Å². The van der Waals surface area contributed by atoms with Crippen LogP contribution in [0.5, 0.6) is 0 Å². The highest BCUT2D eigenvalue weighted by atomic mass is 32.2. The fourth-order valence-electron chi connectivity index (χ4n) is 2.03. The average molecular weight is 302 g/mol. The molecule has 0 aromatic carbocycles. The van der Waals surface area contributed by atoms with Crippen molar-refractivity contribution in [2.24, 2.45) is 0 Å². The first kappa shape index (κ1) is 17.1. The second-order valence-electron chi connectivity index (χ2n) is 4.95. The van der Waals surface area contributed by atoms with E-state index in [0.29, 0.717) is 19.1 Å². The summed E-state index contributed by atoms with van der Waals surface area (Å²) < 4.78 is 26.2. The molecule has 0 saturated heterocycles. The van der Waals surface area contributed by atoms with E-state index in [1.807, 2.05) is 16.9 Å². The van der Waals surface area contributed by atoms with E-state index >= 15 is 0 Å². The smallest absolute Gasteiger partial charge is 0.208 e. The van der Waals surface area contributed by atoms with Gasteiger partial charge in [-0.3, -0.25) is 4.68 Å². The molecule has 0 bridgehead atoms. The van der Waals surface area contributed by atoms with Crippen LogP contribution in [0.4, 0.5) is 0 Å². The molecule has 0 aliphatic rings. The monoisotopic (exact) mass is 302 g/mol. The van der Waals surface area contributed by atoms with Gasteiger partial charge in [-0.1, -0.05) is 13.8 Å². The quantitative estimate of drug-likeness (QED) is 0.638. The molecule has 0 aliphatic carbocycles. The second-order valence-corrected chi connectivity index (χ2v) is 6.79. The first-order valence-electron chi connectivity index (χ1n) is 7.15. The lowest BCUT2D eigenvalue weighted by molar-refractivity contribution is 0.424. The zero-order valence-corrected chi connectivity index (χ0v) is 13.4. The minimum absolute atomic E-state index is 0.466. The largest absolute Gasteiger partial charge is 0.311 e. The van der Waals surface area contributed by atoms with Crippen molar-refractivity contribution in [3.8, 4) is 0 Å². The van der Waals surface area contributed by atoms with Crippen LogP contribution in [-0.4, -0.2) is 37.5 Å². The molecule has 1 heterocycles. The molecule has 0 atom stereocenters. The third-order valence-electron chi connectivity index (χ3n) is 3.18. The Labute approximate surface area is 122 Å². The molecule has 0 amide bonds. The summed E-state index contributed by atoms with van der Waals surface area (Å²) in [5, 5.41) is 7.82. The molecular formula is C13H26N4O2S. The van der Waals surface area contributed by atoms with Gasteiger partial charge in [0.25, 0.3) is 0 Å². The Balaban J connectivity index is 2.23. The molecule has 0 fully saturated rings. The van der Waals surface area contributed by atoms with Crippen LogP contribution < -0.4 is 10.0 Å². The Hall–Kier alpha value is -0.920. The van der Waals surface area contributed by atoms with Crippen LogP contribution in [0.25, 0.3) is 0 Å². The van der Waals surface area contributed by atoms with Crippen LogP contribution in [0, 0.1) is 0 Å². The number of nitrogens with one attached hydrogen (secondary N) is 2. The van der Waals surface area contributed by atoms with Crippen molar-refractivity contribution in [3.05, 3.63) is 18.0 Å². The predicted octanol–water partition coefficient (Wildman–Crippen LogP) is 1.27.